The Hall–Kier alpha value is -1.07. The minimum atomic E-state index is -0.452. The Bertz CT molecular complexity index is 466. The normalized spacial score (nSPS) is 22.6. The van der Waals surface area contributed by atoms with Crippen molar-refractivity contribution < 1.29 is 14.3 Å². The summed E-state index contributed by atoms with van der Waals surface area (Å²) in [5.41, 5.74) is -0.687. The molecule has 1 unspecified atom stereocenters. The molecule has 2 rings (SSSR count). The number of ether oxygens (including phenoxy) is 2. The Morgan fingerprint density at radius 1 is 1.48 bits per heavy atom. The summed E-state index contributed by atoms with van der Waals surface area (Å²) in [6.45, 7) is 9.72. The summed E-state index contributed by atoms with van der Waals surface area (Å²) in [5.74, 6) is 0. The Kier molecular flexibility index (Phi) is 4.94. The molecule has 0 saturated carbocycles. The van der Waals surface area contributed by atoms with Gasteiger partial charge >= 0.3 is 6.09 Å². The number of hydrogen-bond acceptors (Lipinski definition) is 4. The van der Waals surface area contributed by atoms with Crippen LogP contribution in [-0.2, 0) is 16.1 Å². The molecule has 1 fully saturated rings. The molecular weight excluding hydrogens is 286 g/mol. The molecule has 5 heteroatoms. The topological polar surface area (TPSA) is 38.8 Å². The van der Waals surface area contributed by atoms with E-state index in [0.29, 0.717) is 19.7 Å². The molecule has 1 saturated heterocycles. The highest BCUT2D eigenvalue weighted by molar-refractivity contribution is 7.09. The molecule has 0 aliphatic carbocycles. The number of carbonyl (C=O) groups is 1. The van der Waals surface area contributed by atoms with Crippen LogP contribution in [0.1, 0.15) is 45.4 Å². The van der Waals surface area contributed by atoms with Gasteiger partial charge in [0.15, 0.2) is 0 Å². The average molecular weight is 311 g/mol. The van der Waals surface area contributed by atoms with Crippen LogP contribution < -0.4 is 0 Å². The SMILES string of the molecule is CCC1(OCc2cccs2)CCN(C(=O)OC(C)(C)C)C1. The summed E-state index contributed by atoms with van der Waals surface area (Å²) < 4.78 is 11.6. The van der Waals surface area contributed by atoms with E-state index in [4.69, 9.17) is 9.47 Å². The molecule has 0 radical (unpaired) electrons. The average Bonchev–Trinajstić information content (AvgIpc) is 3.05. The summed E-state index contributed by atoms with van der Waals surface area (Å²) in [5, 5.41) is 2.05. The molecule has 1 aliphatic heterocycles. The van der Waals surface area contributed by atoms with E-state index in [1.807, 2.05) is 26.8 Å². The number of carbonyl (C=O) groups excluding carboxylic acids is 1. The van der Waals surface area contributed by atoms with Gasteiger partial charge in [-0.15, -0.1) is 11.3 Å². The Balaban J connectivity index is 1.92. The van der Waals surface area contributed by atoms with E-state index < -0.39 is 5.60 Å². The van der Waals surface area contributed by atoms with Gasteiger partial charge in [-0.2, -0.15) is 0 Å². The molecule has 4 nitrogen and oxygen atoms in total. The number of thiophene rings is 1. The fourth-order valence-corrected chi connectivity index (χ4v) is 3.07. The highest BCUT2D eigenvalue weighted by atomic mass is 32.1. The molecule has 21 heavy (non-hydrogen) atoms. The standard InChI is InChI=1S/C16H25NO3S/c1-5-16(19-11-13-7-6-10-21-13)8-9-17(12-16)14(18)20-15(2,3)4/h6-7,10H,5,8-9,11-12H2,1-4H3. The number of likely N-dealkylation sites (tertiary alicyclic amines) is 1. The zero-order valence-electron chi connectivity index (χ0n) is 13.3. The van der Waals surface area contributed by atoms with Gasteiger partial charge in [-0.1, -0.05) is 13.0 Å². The molecule has 1 atom stereocenters. The first-order valence-electron chi connectivity index (χ1n) is 7.48. The van der Waals surface area contributed by atoms with Crippen molar-refractivity contribution >= 4 is 17.4 Å². The predicted molar refractivity (Wildman–Crippen MR) is 84.6 cm³/mol. The van der Waals surface area contributed by atoms with Crippen molar-refractivity contribution in [2.75, 3.05) is 13.1 Å². The monoisotopic (exact) mass is 311 g/mol. The maximum absolute atomic E-state index is 12.1. The molecule has 0 bridgehead atoms. The van der Waals surface area contributed by atoms with Gasteiger partial charge < -0.3 is 14.4 Å². The second kappa shape index (κ2) is 6.36. The van der Waals surface area contributed by atoms with Crippen LogP contribution in [0.2, 0.25) is 0 Å². The van der Waals surface area contributed by atoms with Crippen LogP contribution in [0, 0.1) is 0 Å². The lowest BCUT2D eigenvalue weighted by atomic mass is 10.00. The smallest absolute Gasteiger partial charge is 0.410 e. The van der Waals surface area contributed by atoms with Crippen LogP contribution in [0.5, 0.6) is 0 Å². The zero-order valence-corrected chi connectivity index (χ0v) is 14.2. The van der Waals surface area contributed by atoms with Gasteiger partial charge in [0.25, 0.3) is 0 Å². The molecular formula is C16H25NO3S. The van der Waals surface area contributed by atoms with Crippen LogP contribution in [0.3, 0.4) is 0 Å². The van der Waals surface area contributed by atoms with Gasteiger partial charge in [-0.05, 0) is 45.1 Å². The molecule has 2 heterocycles. The highest BCUT2D eigenvalue weighted by Gasteiger charge is 2.41. The van der Waals surface area contributed by atoms with E-state index in [1.165, 1.54) is 4.88 Å². The van der Waals surface area contributed by atoms with Gasteiger partial charge in [0.1, 0.15) is 5.60 Å². The van der Waals surface area contributed by atoms with E-state index in [0.717, 1.165) is 12.8 Å². The predicted octanol–water partition coefficient (Wildman–Crippen LogP) is 4.05. The fourth-order valence-electron chi connectivity index (χ4n) is 2.45. The third kappa shape index (κ3) is 4.45. The minimum absolute atomic E-state index is 0.235. The van der Waals surface area contributed by atoms with Crippen molar-refractivity contribution in [3.63, 3.8) is 0 Å². The summed E-state index contributed by atoms with van der Waals surface area (Å²) in [6.07, 6.45) is 1.53. The van der Waals surface area contributed by atoms with Crippen molar-refractivity contribution in [1.82, 2.24) is 4.90 Å². The summed E-state index contributed by atoms with van der Waals surface area (Å²) in [6, 6.07) is 4.11. The molecule has 1 aromatic rings. The minimum Gasteiger partial charge on any atom is -0.444 e. The van der Waals surface area contributed by atoms with Crippen LogP contribution in [0.25, 0.3) is 0 Å². The molecule has 1 amide bonds. The molecule has 1 aliphatic rings. The zero-order chi connectivity index (χ0) is 15.5. The van der Waals surface area contributed by atoms with E-state index in [1.54, 1.807) is 16.2 Å². The van der Waals surface area contributed by atoms with Crippen LogP contribution in [0.4, 0.5) is 4.79 Å². The fraction of sp³-hybridized carbons (Fsp3) is 0.688. The lowest BCUT2D eigenvalue weighted by Crippen LogP contribution is -2.40. The van der Waals surface area contributed by atoms with Crippen molar-refractivity contribution in [3.05, 3.63) is 22.4 Å². The Labute approximate surface area is 131 Å². The van der Waals surface area contributed by atoms with Gasteiger partial charge in [0, 0.05) is 11.4 Å². The first-order chi connectivity index (χ1) is 9.84. The number of nitrogens with zero attached hydrogens (tertiary/aromatic N) is 1. The van der Waals surface area contributed by atoms with Crippen molar-refractivity contribution in [3.8, 4) is 0 Å². The summed E-state index contributed by atoms with van der Waals surface area (Å²) >= 11 is 1.70. The largest absolute Gasteiger partial charge is 0.444 e. The third-order valence-corrected chi connectivity index (χ3v) is 4.56. The van der Waals surface area contributed by atoms with Crippen molar-refractivity contribution in [1.29, 1.82) is 0 Å². The second-order valence-corrected chi connectivity index (χ2v) is 7.59. The molecule has 1 aromatic heterocycles. The van der Waals surface area contributed by atoms with E-state index in [-0.39, 0.29) is 11.7 Å². The quantitative estimate of drug-likeness (QED) is 0.842. The van der Waals surface area contributed by atoms with Gasteiger partial charge in [-0.25, -0.2) is 4.79 Å². The van der Waals surface area contributed by atoms with Crippen LogP contribution >= 0.6 is 11.3 Å². The number of amides is 1. The highest BCUT2D eigenvalue weighted by Crippen LogP contribution is 2.31. The summed E-state index contributed by atoms with van der Waals surface area (Å²) in [7, 11) is 0. The molecule has 118 valence electrons. The second-order valence-electron chi connectivity index (χ2n) is 6.56. The lowest BCUT2D eigenvalue weighted by molar-refractivity contribution is -0.0517. The lowest BCUT2D eigenvalue weighted by Gasteiger charge is -2.29. The van der Waals surface area contributed by atoms with E-state index in [9.17, 15) is 4.79 Å². The van der Waals surface area contributed by atoms with Gasteiger partial charge in [-0.3, -0.25) is 0 Å². The van der Waals surface area contributed by atoms with E-state index >= 15 is 0 Å². The Morgan fingerprint density at radius 3 is 2.81 bits per heavy atom. The molecule has 0 spiro atoms. The maximum atomic E-state index is 12.1. The maximum Gasteiger partial charge on any atom is 0.410 e. The number of hydrogen-bond donors (Lipinski definition) is 0. The van der Waals surface area contributed by atoms with Gasteiger partial charge in [0.2, 0.25) is 0 Å². The van der Waals surface area contributed by atoms with Crippen LogP contribution in [-0.4, -0.2) is 35.3 Å². The molecule has 0 aromatic carbocycles. The molecule has 0 N–H and O–H groups in total. The first-order valence-corrected chi connectivity index (χ1v) is 8.36. The Morgan fingerprint density at radius 2 is 2.24 bits per heavy atom. The van der Waals surface area contributed by atoms with Gasteiger partial charge in [0.05, 0.1) is 18.8 Å². The number of rotatable bonds is 4. The first kappa shape index (κ1) is 16.3. The summed E-state index contributed by atoms with van der Waals surface area (Å²) in [4.78, 5) is 15.1. The van der Waals surface area contributed by atoms with E-state index in [2.05, 4.69) is 18.4 Å². The van der Waals surface area contributed by atoms with Crippen molar-refractivity contribution in [2.45, 2.75) is 58.3 Å². The van der Waals surface area contributed by atoms with Crippen molar-refractivity contribution in [2.24, 2.45) is 0 Å². The van der Waals surface area contributed by atoms with Crippen LogP contribution in [0.15, 0.2) is 17.5 Å². The third-order valence-electron chi connectivity index (χ3n) is 3.71.